The Morgan fingerprint density at radius 1 is 1.47 bits per heavy atom. The molecule has 17 heavy (non-hydrogen) atoms. The summed E-state index contributed by atoms with van der Waals surface area (Å²) in [6, 6.07) is 5.64. The molecule has 1 unspecified atom stereocenters. The second-order valence-corrected chi connectivity index (χ2v) is 3.63. The summed E-state index contributed by atoms with van der Waals surface area (Å²) in [5, 5.41) is 20.9. The number of carbonyl (C=O) groups excluding carboxylic acids is 1. The Bertz CT molecular complexity index is 445. The Kier molecular flexibility index (Phi) is 3.92. The van der Waals surface area contributed by atoms with E-state index >= 15 is 0 Å². The van der Waals surface area contributed by atoms with Crippen LogP contribution in [-0.2, 0) is 0 Å². The summed E-state index contributed by atoms with van der Waals surface area (Å²) in [6.07, 6.45) is 0. The van der Waals surface area contributed by atoms with E-state index in [1.54, 1.807) is 19.1 Å². The summed E-state index contributed by atoms with van der Waals surface area (Å²) in [4.78, 5) is 13.3. The van der Waals surface area contributed by atoms with Crippen LogP contribution in [0.5, 0.6) is 5.75 Å². The molecule has 0 heterocycles. The van der Waals surface area contributed by atoms with Crippen LogP contribution in [-0.4, -0.2) is 40.0 Å². The van der Waals surface area contributed by atoms with Crippen LogP contribution in [0.15, 0.2) is 29.4 Å². The van der Waals surface area contributed by atoms with Gasteiger partial charge in [-0.25, -0.2) is 0 Å². The van der Waals surface area contributed by atoms with Crippen LogP contribution >= 0.6 is 0 Å². The normalized spacial score (nSPS) is 13.2. The second kappa shape index (κ2) is 5.20. The van der Waals surface area contributed by atoms with Gasteiger partial charge in [-0.2, -0.15) is 0 Å². The summed E-state index contributed by atoms with van der Waals surface area (Å²) < 4.78 is 0. The van der Waals surface area contributed by atoms with Crippen LogP contribution in [0.1, 0.15) is 17.3 Å². The lowest BCUT2D eigenvalue weighted by Crippen LogP contribution is -2.43. The molecule has 1 aromatic carbocycles. The molecule has 0 spiro atoms. The number of nitrogens with zero attached hydrogens (tertiary/aromatic N) is 2. The van der Waals surface area contributed by atoms with Crippen molar-refractivity contribution in [1.29, 1.82) is 0 Å². The lowest BCUT2D eigenvalue weighted by atomic mass is 10.1. The van der Waals surface area contributed by atoms with Gasteiger partial charge in [0.2, 0.25) is 0 Å². The molecule has 92 valence electrons. The Labute approximate surface area is 99.0 Å². The van der Waals surface area contributed by atoms with Gasteiger partial charge in [0, 0.05) is 7.05 Å². The molecule has 0 fully saturated rings. The summed E-state index contributed by atoms with van der Waals surface area (Å²) in [5.41, 5.74) is 5.59. The molecular weight excluding hydrogens is 222 g/mol. The first-order valence-electron chi connectivity index (χ1n) is 5.01. The predicted octanol–water partition coefficient (Wildman–Crippen LogP) is 0.599. The molecule has 1 atom stereocenters. The fourth-order valence-electron chi connectivity index (χ4n) is 1.30. The minimum Gasteiger partial charge on any atom is -0.507 e. The van der Waals surface area contributed by atoms with E-state index in [1.807, 2.05) is 0 Å². The van der Waals surface area contributed by atoms with E-state index in [9.17, 15) is 9.90 Å². The highest BCUT2D eigenvalue weighted by Crippen LogP contribution is 2.18. The zero-order valence-electron chi connectivity index (χ0n) is 9.66. The van der Waals surface area contributed by atoms with Gasteiger partial charge in [0.1, 0.15) is 5.75 Å². The summed E-state index contributed by atoms with van der Waals surface area (Å²) in [7, 11) is 1.51. The van der Waals surface area contributed by atoms with Crippen LogP contribution in [0.2, 0.25) is 0 Å². The number of phenols is 1. The first-order chi connectivity index (χ1) is 7.99. The van der Waals surface area contributed by atoms with Crippen LogP contribution < -0.4 is 5.73 Å². The molecule has 0 aromatic heterocycles. The van der Waals surface area contributed by atoms with Crippen LogP contribution in [0.3, 0.4) is 0 Å². The van der Waals surface area contributed by atoms with E-state index in [1.165, 1.54) is 24.1 Å². The van der Waals surface area contributed by atoms with Crippen molar-refractivity contribution >= 4 is 11.7 Å². The molecule has 1 amide bonds. The van der Waals surface area contributed by atoms with Crippen LogP contribution in [0.4, 0.5) is 0 Å². The van der Waals surface area contributed by atoms with E-state index in [4.69, 9.17) is 10.9 Å². The monoisotopic (exact) mass is 237 g/mol. The largest absolute Gasteiger partial charge is 0.507 e. The molecule has 4 N–H and O–H groups in total. The number of carbonyl (C=O) groups is 1. The first kappa shape index (κ1) is 12.8. The highest BCUT2D eigenvalue weighted by molar-refractivity contribution is 5.99. The molecular formula is C11H15N3O3. The smallest absolute Gasteiger partial charge is 0.257 e. The molecule has 0 aliphatic carbocycles. The minimum absolute atomic E-state index is 0.0729. The molecule has 1 aromatic rings. The highest BCUT2D eigenvalue weighted by Gasteiger charge is 2.22. The average Bonchev–Trinajstić information content (AvgIpc) is 2.35. The molecule has 0 aliphatic heterocycles. The lowest BCUT2D eigenvalue weighted by Gasteiger charge is -2.24. The first-order valence-corrected chi connectivity index (χ1v) is 5.01. The Balaban J connectivity index is 2.95. The van der Waals surface area contributed by atoms with Gasteiger partial charge in [-0.05, 0) is 19.1 Å². The number of oxime groups is 1. The highest BCUT2D eigenvalue weighted by atomic mass is 16.4. The Morgan fingerprint density at radius 2 is 2.06 bits per heavy atom. The Hall–Kier alpha value is -2.24. The number of nitrogens with two attached hydrogens (primary N) is 1. The lowest BCUT2D eigenvalue weighted by molar-refractivity contribution is 0.0773. The van der Waals surface area contributed by atoms with E-state index in [-0.39, 0.29) is 17.1 Å². The van der Waals surface area contributed by atoms with E-state index in [2.05, 4.69) is 5.16 Å². The molecule has 0 saturated carbocycles. The molecule has 0 saturated heterocycles. The van der Waals surface area contributed by atoms with E-state index < -0.39 is 11.9 Å². The number of rotatable bonds is 3. The zero-order chi connectivity index (χ0) is 13.0. The van der Waals surface area contributed by atoms with Crippen molar-refractivity contribution in [3.05, 3.63) is 29.8 Å². The third-order valence-electron chi connectivity index (χ3n) is 2.58. The second-order valence-electron chi connectivity index (χ2n) is 3.63. The number of amides is 1. The standard InChI is InChI=1S/C11H15N3O3/c1-7(10(12)13-17)14(2)11(16)8-5-3-4-6-9(8)15/h3-7,15,17H,1-2H3,(H2,12,13). The maximum atomic E-state index is 12.0. The zero-order valence-corrected chi connectivity index (χ0v) is 9.66. The number of amidine groups is 1. The van der Waals surface area contributed by atoms with Gasteiger partial charge >= 0.3 is 0 Å². The number of hydrogen-bond acceptors (Lipinski definition) is 4. The van der Waals surface area contributed by atoms with Gasteiger partial charge < -0.3 is 20.9 Å². The SMILES string of the molecule is CC(C(N)=NO)N(C)C(=O)c1ccccc1O. The minimum atomic E-state index is -0.563. The van der Waals surface area contributed by atoms with Gasteiger partial charge in [0.25, 0.3) is 5.91 Å². The maximum absolute atomic E-state index is 12.0. The molecule has 6 heteroatoms. The number of phenolic OH excluding ortho intramolecular Hbond substituents is 1. The summed E-state index contributed by atoms with van der Waals surface area (Å²) >= 11 is 0. The average molecular weight is 237 g/mol. The molecule has 1 rings (SSSR count). The van der Waals surface area contributed by atoms with Crippen molar-refractivity contribution in [2.75, 3.05) is 7.05 Å². The fourth-order valence-corrected chi connectivity index (χ4v) is 1.30. The van der Waals surface area contributed by atoms with Crippen molar-refractivity contribution in [1.82, 2.24) is 4.90 Å². The summed E-state index contributed by atoms with van der Waals surface area (Å²) in [6.45, 7) is 1.62. The molecule has 0 bridgehead atoms. The topological polar surface area (TPSA) is 99.2 Å². The molecule has 0 radical (unpaired) electrons. The number of hydrogen-bond donors (Lipinski definition) is 3. The van der Waals surface area contributed by atoms with E-state index in [0.717, 1.165) is 0 Å². The fraction of sp³-hybridized carbons (Fsp3) is 0.273. The third-order valence-corrected chi connectivity index (χ3v) is 2.58. The van der Waals surface area contributed by atoms with Crippen molar-refractivity contribution in [2.45, 2.75) is 13.0 Å². The third kappa shape index (κ3) is 2.66. The Morgan fingerprint density at radius 3 is 2.59 bits per heavy atom. The van der Waals surface area contributed by atoms with Crippen molar-refractivity contribution in [2.24, 2.45) is 10.9 Å². The quantitative estimate of drug-likeness (QED) is 0.310. The summed E-state index contributed by atoms with van der Waals surface area (Å²) in [5.74, 6) is -0.575. The number of para-hydroxylation sites is 1. The van der Waals surface area contributed by atoms with Crippen molar-refractivity contribution in [3.8, 4) is 5.75 Å². The van der Waals surface area contributed by atoms with Gasteiger partial charge in [0.05, 0.1) is 11.6 Å². The maximum Gasteiger partial charge on any atom is 0.257 e. The number of aromatic hydroxyl groups is 1. The van der Waals surface area contributed by atoms with Crippen molar-refractivity contribution < 1.29 is 15.1 Å². The number of likely N-dealkylation sites (N-methyl/N-ethyl adjacent to an activating group) is 1. The van der Waals surface area contributed by atoms with Crippen molar-refractivity contribution in [3.63, 3.8) is 0 Å². The molecule has 0 aliphatic rings. The molecule has 6 nitrogen and oxygen atoms in total. The number of benzene rings is 1. The van der Waals surface area contributed by atoms with Gasteiger partial charge in [0.15, 0.2) is 5.84 Å². The van der Waals surface area contributed by atoms with E-state index in [0.29, 0.717) is 0 Å². The van der Waals surface area contributed by atoms with Crippen LogP contribution in [0.25, 0.3) is 0 Å². The van der Waals surface area contributed by atoms with Gasteiger partial charge in [-0.15, -0.1) is 0 Å². The van der Waals surface area contributed by atoms with Crippen LogP contribution in [0, 0.1) is 0 Å². The van der Waals surface area contributed by atoms with Gasteiger partial charge in [-0.1, -0.05) is 17.3 Å². The predicted molar refractivity (Wildman–Crippen MR) is 63.1 cm³/mol. The van der Waals surface area contributed by atoms with Gasteiger partial charge in [-0.3, -0.25) is 4.79 Å².